The van der Waals surface area contributed by atoms with Gasteiger partial charge in [0, 0.05) is 17.7 Å². The van der Waals surface area contributed by atoms with Crippen LogP contribution >= 0.6 is 11.3 Å². The van der Waals surface area contributed by atoms with Crippen molar-refractivity contribution in [3.05, 3.63) is 88.9 Å². The second-order valence-corrected chi connectivity index (χ2v) is 7.49. The number of nitrogens with zero attached hydrogens (tertiary/aromatic N) is 1. The Morgan fingerprint density at radius 2 is 1.57 bits per heavy atom. The van der Waals surface area contributed by atoms with Gasteiger partial charge in [-0.15, -0.1) is 0 Å². The highest BCUT2D eigenvalue weighted by molar-refractivity contribution is 7.18. The van der Waals surface area contributed by atoms with Crippen molar-refractivity contribution < 1.29 is 14.0 Å². The van der Waals surface area contributed by atoms with Crippen LogP contribution in [0.5, 0.6) is 11.5 Å². The van der Waals surface area contributed by atoms with E-state index in [4.69, 9.17) is 9.47 Å². The summed E-state index contributed by atoms with van der Waals surface area (Å²) in [6.07, 6.45) is 4.29. The van der Waals surface area contributed by atoms with Gasteiger partial charge in [0.05, 0.1) is 14.2 Å². The highest BCUT2D eigenvalue weighted by Crippen LogP contribution is 2.29. The number of rotatable bonds is 6. The lowest BCUT2D eigenvalue weighted by Crippen LogP contribution is -2.35. The lowest BCUT2D eigenvalue weighted by Gasteiger charge is -2.07. The van der Waals surface area contributed by atoms with Crippen LogP contribution in [0.15, 0.2) is 72.8 Å². The summed E-state index contributed by atoms with van der Waals surface area (Å²) in [4.78, 5) is 0. The number of benzene rings is 3. The van der Waals surface area contributed by atoms with Crippen molar-refractivity contribution in [1.82, 2.24) is 0 Å². The Labute approximate surface area is 169 Å². The summed E-state index contributed by atoms with van der Waals surface area (Å²) in [5.74, 6) is 1.47. The fraction of sp³-hybridized carbons (Fsp3) is 0.125. The molecule has 4 aromatic rings. The van der Waals surface area contributed by atoms with E-state index in [-0.39, 0.29) is 0 Å². The van der Waals surface area contributed by atoms with Gasteiger partial charge in [0.1, 0.15) is 4.70 Å². The Morgan fingerprint density at radius 1 is 0.821 bits per heavy atom. The second-order valence-electron chi connectivity index (χ2n) is 6.43. The molecule has 0 aliphatic carbocycles. The van der Waals surface area contributed by atoms with Gasteiger partial charge in [-0.05, 0) is 29.8 Å². The summed E-state index contributed by atoms with van der Waals surface area (Å²) in [7, 11) is 3.31. The predicted molar refractivity (Wildman–Crippen MR) is 116 cm³/mol. The SMILES string of the molecule is COc1ccc(/C=C/c2sc3ccccc3[n+]2Cc2ccccc2)cc1OC. The van der Waals surface area contributed by atoms with Crippen molar-refractivity contribution in [2.75, 3.05) is 14.2 Å². The van der Waals surface area contributed by atoms with Gasteiger partial charge in [0.25, 0.3) is 5.01 Å². The number of methoxy groups -OCH3 is 2. The van der Waals surface area contributed by atoms with E-state index in [2.05, 4.69) is 71.3 Å². The molecular formula is C24H22NO2S+. The highest BCUT2D eigenvalue weighted by atomic mass is 32.1. The van der Waals surface area contributed by atoms with Crippen LogP contribution in [0.25, 0.3) is 22.4 Å². The Balaban J connectivity index is 1.72. The first-order valence-corrected chi connectivity index (χ1v) is 9.95. The molecule has 1 aromatic heterocycles. The average molecular weight is 389 g/mol. The zero-order chi connectivity index (χ0) is 19.3. The van der Waals surface area contributed by atoms with Crippen LogP contribution in [0.4, 0.5) is 0 Å². The van der Waals surface area contributed by atoms with Gasteiger partial charge >= 0.3 is 0 Å². The number of fused-ring (bicyclic) bond motifs is 1. The van der Waals surface area contributed by atoms with E-state index in [1.807, 2.05) is 18.2 Å². The first-order chi connectivity index (χ1) is 13.8. The summed E-state index contributed by atoms with van der Waals surface area (Å²) >= 11 is 1.80. The molecule has 0 bridgehead atoms. The lowest BCUT2D eigenvalue weighted by atomic mass is 10.2. The van der Waals surface area contributed by atoms with Gasteiger partial charge in [-0.3, -0.25) is 0 Å². The summed E-state index contributed by atoms with van der Waals surface area (Å²) in [5.41, 5.74) is 3.61. The number of hydrogen-bond donors (Lipinski definition) is 0. The number of hydrogen-bond acceptors (Lipinski definition) is 3. The Bertz CT molecular complexity index is 1120. The summed E-state index contributed by atoms with van der Waals surface area (Å²) in [6.45, 7) is 0.844. The minimum Gasteiger partial charge on any atom is -0.493 e. The van der Waals surface area contributed by atoms with Crippen molar-refractivity contribution in [2.45, 2.75) is 6.54 Å². The molecule has 0 fully saturated rings. The molecule has 0 N–H and O–H groups in total. The molecular weight excluding hydrogens is 366 g/mol. The maximum Gasteiger partial charge on any atom is 0.263 e. The molecule has 3 aromatic carbocycles. The second kappa shape index (κ2) is 8.28. The van der Waals surface area contributed by atoms with Crippen LogP contribution in [0.2, 0.25) is 0 Å². The lowest BCUT2D eigenvalue weighted by molar-refractivity contribution is -0.659. The number of aromatic nitrogens is 1. The molecule has 4 heteroatoms. The molecule has 3 nitrogen and oxygen atoms in total. The fourth-order valence-electron chi connectivity index (χ4n) is 3.23. The van der Waals surface area contributed by atoms with Crippen LogP contribution < -0.4 is 14.0 Å². The van der Waals surface area contributed by atoms with Gasteiger partial charge in [-0.1, -0.05) is 59.9 Å². The quantitative estimate of drug-likeness (QED) is 0.411. The molecule has 28 heavy (non-hydrogen) atoms. The molecule has 4 rings (SSSR count). The van der Waals surface area contributed by atoms with E-state index in [1.165, 1.54) is 20.8 Å². The van der Waals surface area contributed by atoms with E-state index in [0.29, 0.717) is 0 Å². The summed E-state index contributed by atoms with van der Waals surface area (Å²) in [5, 5.41) is 1.21. The predicted octanol–water partition coefficient (Wildman–Crippen LogP) is 5.42. The first kappa shape index (κ1) is 18.3. The van der Waals surface area contributed by atoms with E-state index < -0.39 is 0 Å². The molecule has 0 unspecified atom stereocenters. The molecule has 0 radical (unpaired) electrons. The maximum atomic E-state index is 5.42. The zero-order valence-electron chi connectivity index (χ0n) is 16.0. The number of para-hydroxylation sites is 1. The molecule has 0 aliphatic heterocycles. The average Bonchev–Trinajstić information content (AvgIpc) is 3.10. The van der Waals surface area contributed by atoms with Gasteiger partial charge in [0.2, 0.25) is 5.52 Å². The van der Waals surface area contributed by atoms with Crippen molar-refractivity contribution in [3.63, 3.8) is 0 Å². The Morgan fingerprint density at radius 3 is 2.36 bits per heavy atom. The molecule has 0 saturated heterocycles. The normalized spacial score (nSPS) is 11.2. The molecule has 0 atom stereocenters. The Kier molecular flexibility index (Phi) is 5.40. The third kappa shape index (κ3) is 3.78. The van der Waals surface area contributed by atoms with Crippen molar-refractivity contribution >= 4 is 33.7 Å². The zero-order valence-corrected chi connectivity index (χ0v) is 16.8. The van der Waals surface area contributed by atoms with Crippen LogP contribution in [-0.4, -0.2) is 14.2 Å². The van der Waals surface area contributed by atoms with Gasteiger partial charge in [-0.25, -0.2) is 0 Å². The third-order valence-electron chi connectivity index (χ3n) is 4.65. The summed E-state index contributed by atoms with van der Waals surface area (Å²) < 4.78 is 14.4. The first-order valence-electron chi connectivity index (χ1n) is 9.14. The van der Waals surface area contributed by atoms with Crippen molar-refractivity contribution in [1.29, 1.82) is 0 Å². The molecule has 0 spiro atoms. The van der Waals surface area contributed by atoms with Gasteiger partial charge in [0.15, 0.2) is 18.0 Å². The molecule has 0 saturated carbocycles. The van der Waals surface area contributed by atoms with E-state index in [1.54, 1.807) is 25.6 Å². The summed E-state index contributed by atoms with van der Waals surface area (Å²) in [6, 6.07) is 25.1. The standard InChI is InChI=1S/C24H22NO2S/c1-26-21-14-12-18(16-22(21)27-2)13-15-24-25(17-19-8-4-3-5-9-19)20-10-6-7-11-23(20)28-24/h3-16H,17H2,1-2H3/q+1/b15-13+. The van der Waals surface area contributed by atoms with Gasteiger partial charge in [-0.2, -0.15) is 4.57 Å². The minimum absolute atomic E-state index is 0.734. The number of thiazole rings is 1. The number of ether oxygens (including phenoxy) is 2. The van der Waals surface area contributed by atoms with E-state index in [0.717, 1.165) is 23.6 Å². The third-order valence-corrected chi connectivity index (χ3v) is 5.78. The molecule has 1 heterocycles. The Hall–Kier alpha value is -3.11. The molecule has 140 valence electrons. The smallest absolute Gasteiger partial charge is 0.263 e. The fourth-order valence-corrected chi connectivity index (χ4v) is 4.29. The minimum atomic E-state index is 0.734. The van der Waals surface area contributed by atoms with Crippen LogP contribution in [-0.2, 0) is 6.54 Å². The maximum absolute atomic E-state index is 5.42. The molecule has 0 amide bonds. The highest BCUT2D eigenvalue weighted by Gasteiger charge is 2.18. The van der Waals surface area contributed by atoms with Crippen LogP contribution in [0, 0.1) is 0 Å². The van der Waals surface area contributed by atoms with E-state index >= 15 is 0 Å². The topological polar surface area (TPSA) is 22.3 Å². The van der Waals surface area contributed by atoms with Crippen LogP contribution in [0.3, 0.4) is 0 Å². The van der Waals surface area contributed by atoms with E-state index in [9.17, 15) is 0 Å². The molecule has 0 aliphatic rings. The van der Waals surface area contributed by atoms with Crippen molar-refractivity contribution in [3.8, 4) is 11.5 Å². The van der Waals surface area contributed by atoms with Crippen molar-refractivity contribution in [2.24, 2.45) is 0 Å². The monoisotopic (exact) mass is 388 g/mol. The van der Waals surface area contributed by atoms with Crippen LogP contribution in [0.1, 0.15) is 16.1 Å². The van der Waals surface area contributed by atoms with Gasteiger partial charge < -0.3 is 9.47 Å². The largest absolute Gasteiger partial charge is 0.493 e.